The van der Waals surface area contributed by atoms with Crippen molar-refractivity contribution in [2.75, 3.05) is 6.54 Å². The second-order valence-electron chi connectivity index (χ2n) is 8.88. The first-order valence-electron chi connectivity index (χ1n) is 11.5. The van der Waals surface area contributed by atoms with Crippen LogP contribution in [-0.4, -0.2) is 22.0 Å². The number of carbonyl (C=O) groups is 1. The number of aryl methyl sites for hydroxylation is 1. The van der Waals surface area contributed by atoms with Crippen molar-refractivity contribution in [1.29, 1.82) is 0 Å². The molecule has 4 aromatic rings. The van der Waals surface area contributed by atoms with Gasteiger partial charge in [-0.15, -0.1) is 0 Å². The normalized spacial score (nSPS) is 11.2. The zero-order valence-electron chi connectivity index (χ0n) is 19.7. The second-order valence-corrected chi connectivity index (χ2v) is 9.82. The zero-order chi connectivity index (χ0) is 24.1. The Balaban J connectivity index is 1.72. The Bertz CT molecular complexity index is 1350. The predicted molar refractivity (Wildman–Crippen MR) is 139 cm³/mol. The van der Waals surface area contributed by atoms with E-state index in [-0.39, 0.29) is 11.5 Å². The molecule has 0 bridgehead atoms. The standard InChI is InChI=1S/C28H29N3O2S/c1-19(2)16-29-26(32)23-13-14-24-25(15-23)30-28(34-18-22-11-9-20(3)10-12-22)31(27(24)33)17-21-7-5-4-6-8-21/h4-15,19H,16-18H2,1-3H3,(H,29,32). The molecule has 4 rings (SSSR count). The van der Waals surface area contributed by atoms with Gasteiger partial charge < -0.3 is 5.32 Å². The lowest BCUT2D eigenvalue weighted by Crippen LogP contribution is -2.28. The van der Waals surface area contributed by atoms with Crippen LogP contribution in [0, 0.1) is 12.8 Å². The molecule has 1 aromatic heterocycles. The first-order valence-corrected chi connectivity index (χ1v) is 12.4. The number of thioether (sulfide) groups is 1. The van der Waals surface area contributed by atoms with Crippen LogP contribution in [0.3, 0.4) is 0 Å². The van der Waals surface area contributed by atoms with Gasteiger partial charge in [-0.25, -0.2) is 4.98 Å². The number of aromatic nitrogens is 2. The highest BCUT2D eigenvalue weighted by atomic mass is 32.2. The fourth-order valence-electron chi connectivity index (χ4n) is 3.59. The number of amides is 1. The topological polar surface area (TPSA) is 64.0 Å². The molecule has 34 heavy (non-hydrogen) atoms. The van der Waals surface area contributed by atoms with Crippen molar-refractivity contribution in [2.24, 2.45) is 5.92 Å². The molecule has 0 radical (unpaired) electrons. The molecular weight excluding hydrogens is 442 g/mol. The molecule has 5 nitrogen and oxygen atoms in total. The van der Waals surface area contributed by atoms with Crippen LogP contribution in [0.2, 0.25) is 0 Å². The van der Waals surface area contributed by atoms with Crippen molar-refractivity contribution in [3.8, 4) is 0 Å². The van der Waals surface area contributed by atoms with Crippen LogP contribution in [0.15, 0.2) is 82.7 Å². The van der Waals surface area contributed by atoms with E-state index in [9.17, 15) is 9.59 Å². The third-order valence-corrected chi connectivity index (χ3v) is 6.57. The van der Waals surface area contributed by atoms with Crippen molar-refractivity contribution in [3.63, 3.8) is 0 Å². The summed E-state index contributed by atoms with van der Waals surface area (Å²) < 4.78 is 1.73. The Morgan fingerprint density at radius 2 is 1.74 bits per heavy atom. The molecule has 0 aliphatic heterocycles. The van der Waals surface area contributed by atoms with Gasteiger partial charge in [-0.1, -0.05) is 85.8 Å². The van der Waals surface area contributed by atoms with Gasteiger partial charge in [-0.05, 0) is 42.2 Å². The highest BCUT2D eigenvalue weighted by Crippen LogP contribution is 2.24. The quantitative estimate of drug-likeness (QED) is 0.275. The molecule has 174 valence electrons. The van der Waals surface area contributed by atoms with E-state index in [1.807, 2.05) is 30.3 Å². The maximum Gasteiger partial charge on any atom is 0.262 e. The monoisotopic (exact) mass is 471 g/mol. The van der Waals surface area contributed by atoms with E-state index in [4.69, 9.17) is 4.98 Å². The molecule has 1 N–H and O–H groups in total. The maximum atomic E-state index is 13.5. The first-order chi connectivity index (χ1) is 16.4. The van der Waals surface area contributed by atoms with Gasteiger partial charge in [0, 0.05) is 17.9 Å². The van der Waals surface area contributed by atoms with Gasteiger partial charge >= 0.3 is 0 Å². The lowest BCUT2D eigenvalue weighted by Gasteiger charge is -2.14. The number of nitrogens with zero attached hydrogens (tertiary/aromatic N) is 2. The number of hydrogen-bond donors (Lipinski definition) is 1. The van der Waals surface area contributed by atoms with Gasteiger partial charge in [-0.2, -0.15) is 0 Å². The van der Waals surface area contributed by atoms with E-state index in [2.05, 4.69) is 50.4 Å². The lowest BCUT2D eigenvalue weighted by molar-refractivity contribution is 0.0949. The van der Waals surface area contributed by atoms with E-state index in [1.165, 1.54) is 17.3 Å². The van der Waals surface area contributed by atoms with Crippen LogP contribution in [0.1, 0.15) is 40.9 Å². The lowest BCUT2D eigenvalue weighted by atomic mass is 10.1. The van der Waals surface area contributed by atoms with E-state index >= 15 is 0 Å². The smallest absolute Gasteiger partial charge is 0.262 e. The highest BCUT2D eigenvalue weighted by molar-refractivity contribution is 7.98. The van der Waals surface area contributed by atoms with Crippen LogP contribution in [-0.2, 0) is 12.3 Å². The first kappa shape index (κ1) is 23.8. The van der Waals surface area contributed by atoms with Crippen LogP contribution in [0.4, 0.5) is 0 Å². The Kier molecular flexibility index (Phi) is 7.48. The molecule has 0 fully saturated rings. The number of benzene rings is 3. The minimum Gasteiger partial charge on any atom is -0.352 e. The summed E-state index contributed by atoms with van der Waals surface area (Å²) in [4.78, 5) is 30.9. The van der Waals surface area contributed by atoms with E-state index in [1.54, 1.807) is 22.8 Å². The molecule has 6 heteroatoms. The number of hydrogen-bond acceptors (Lipinski definition) is 4. The van der Waals surface area contributed by atoms with Gasteiger partial charge in [0.2, 0.25) is 0 Å². The van der Waals surface area contributed by atoms with Crippen molar-refractivity contribution < 1.29 is 4.79 Å². The molecule has 1 amide bonds. The summed E-state index contributed by atoms with van der Waals surface area (Å²) in [6, 6.07) is 23.4. The largest absolute Gasteiger partial charge is 0.352 e. The van der Waals surface area contributed by atoms with E-state index < -0.39 is 0 Å². The average molecular weight is 472 g/mol. The minimum atomic E-state index is -0.153. The summed E-state index contributed by atoms with van der Waals surface area (Å²) in [5, 5.41) is 4.08. The van der Waals surface area contributed by atoms with E-state index in [0.29, 0.717) is 46.4 Å². The van der Waals surface area contributed by atoms with Crippen LogP contribution in [0.25, 0.3) is 10.9 Å². The number of nitrogens with one attached hydrogen (secondary N) is 1. The molecule has 0 aliphatic rings. The third kappa shape index (κ3) is 5.75. The molecule has 1 heterocycles. The molecule has 3 aromatic carbocycles. The summed E-state index contributed by atoms with van der Waals surface area (Å²) in [5.41, 5.74) is 4.36. The molecule has 0 saturated carbocycles. The van der Waals surface area contributed by atoms with Crippen molar-refractivity contribution >= 4 is 28.6 Å². The number of fused-ring (bicyclic) bond motifs is 1. The molecule has 0 unspecified atom stereocenters. The molecule has 0 aliphatic carbocycles. The summed E-state index contributed by atoms with van der Waals surface area (Å²) in [6.45, 7) is 7.20. The second kappa shape index (κ2) is 10.7. The van der Waals surface area contributed by atoms with Crippen molar-refractivity contribution in [3.05, 3.63) is 105 Å². The minimum absolute atomic E-state index is 0.102. The molecule has 0 saturated heterocycles. The van der Waals surface area contributed by atoms with Crippen LogP contribution in [0.5, 0.6) is 0 Å². The van der Waals surface area contributed by atoms with Crippen molar-refractivity contribution in [1.82, 2.24) is 14.9 Å². The van der Waals surface area contributed by atoms with Crippen LogP contribution < -0.4 is 10.9 Å². The average Bonchev–Trinajstić information content (AvgIpc) is 2.84. The number of carbonyl (C=O) groups excluding carboxylic acids is 1. The summed E-state index contributed by atoms with van der Waals surface area (Å²) >= 11 is 1.53. The Hall–Kier alpha value is -3.38. The van der Waals surface area contributed by atoms with Gasteiger partial charge in [-0.3, -0.25) is 14.2 Å². The van der Waals surface area contributed by atoms with Gasteiger partial charge in [0.05, 0.1) is 17.4 Å². The Labute approximate surface area is 204 Å². The van der Waals surface area contributed by atoms with E-state index in [0.717, 1.165) is 11.1 Å². The highest BCUT2D eigenvalue weighted by Gasteiger charge is 2.15. The summed E-state index contributed by atoms with van der Waals surface area (Å²) in [7, 11) is 0. The van der Waals surface area contributed by atoms with Crippen molar-refractivity contribution in [2.45, 2.75) is 38.2 Å². The maximum absolute atomic E-state index is 13.5. The molecule has 0 atom stereocenters. The molecular formula is C28H29N3O2S. The number of rotatable bonds is 8. The zero-order valence-corrected chi connectivity index (χ0v) is 20.6. The van der Waals surface area contributed by atoms with Gasteiger partial charge in [0.1, 0.15) is 0 Å². The summed E-state index contributed by atoms with van der Waals surface area (Å²) in [6.07, 6.45) is 0. The Morgan fingerprint density at radius 1 is 1.00 bits per heavy atom. The van der Waals surface area contributed by atoms with Crippen LogP contribution >= 0.6 is 11.8 Å². The fourth-order valence-corrected chi connectivity index (χ4v) is 4.54. The molecule has 0 spiro atoms. The third-order valence-electron chi connectivity index (χ3n) is 5.53. The Morgan fingerprint density at radius 3 is 2.44 bits per heavy atom. The predicted octanol–water partition coefficient (Wildman–Crippen LogP) is 5.43. The van der Waals surface area contributed by atoms with Gasteiger partial charge in [0.25, 0.3) is 11.5 Å². The summed E-state index contributed by atoms with van der Waals surface area (Å²) in [5.74, 6) is 0.902. The fraction of sp³-hybridized carbons (Fsp3) is 0.250. The van der Waals surface area contributed by atoms with Gasteiger partial charge in [0.15, 0.2) is 5.16 Å². The SMILES string of the molecule is Cc1ccc(CSc2nc3cc(C(=O)NCC(C)C)ccc3c(=O)n2Cc2ccccc2)cc1.